The molecule has 5 nitrogen and oxygen atoms in total. The zero-order chi connectivity index (χ0) is 17.3. The number of alkyl halides is 3. The first-order chi connectivity index (χ1) is 11.4. The Morgan fingerprint density at radius 2 is 1.67 bits per heavy atom. The van der Waals surface area contributed by atoms with Gasteiger partial charge >= 0.3 is 6.18 Å². The second-order valence-electron chi connectivity index (χ2n) is 4.91. The van der Waals surface area contributed by atoms with Gasteiger partial charge in [-0.25, -0.2) is 0 Å². The number of pyridine rings is 1. The van der Waals surface area contributed by atoms with Gasteiger partial charge < -0.3 is 9.47 Å². The van der Waals surface area contributed by atoms with Gasteiger partial charge in [-0.1, -0.05) is 6.07 Å². The summed E-state index contributed by atoms with van der Waals surface area (Å²) in [6.45, 7) is 0. The van der Waals surface area contributed by atoms with E-state index in [2.05, 4.69) is 15.2 Å². The Balaban J connectivity index is 2.16. The Kier molecular flexibility index (Phi) is 3.96. The number of rotatable bonds is 3. The highest BCUT2D eigenvalue weighted by atomic mass is 19.4. The average molecular weight is 335 g/mol. The summed E-state index contributed by atoms with van der Waals surface area (Å²) < 4.78 is 48.4. The summed E-state index contributed by atoms with van der Waals surface area (Å²) >= 11 is 0. The van der Waals surface area contributed by atoms with Crippen molar-refractivity contribution in [3.8, 4) is 22.6 Å². The molecule has 0 aliphatic rings. The third kappa shape index (κ3) is 2.82. The van der Waals surface area contributed by atoms with Crippen LogP contribution in [-0.4, -0.2) is 29.4 Å². The van der Waals surface area contributed by atoms with E-state index in [-0.39, 0.29) is 0 Å². The van der Waals surface area contributed by atoms with Crippen LogP contribution >= 0.6 is 0 Å². The molecule has 0 amide bonds. The van der Waals surface area contributed by atoms with Crippen molar-refractivity contribution in [3.05, 3.63) is 42.4 Å². The van der Waals surface area contributed by atoms with E-state index in [9.17, 15) is 13.2 Å². The molecule has 0 N–H and O–H groups in total. The number of benzene rings is 1. The molecule has 0 spiro atoms. The van der Waals surface area contributed by atoms with Gasteiger partial charge in [-0.2, -0.15) is 23.4 Å². The van der Waals surface area contributed by atoms with Gasteiger partial charge in [-0.15, -0.1) is 0 Å². The van der Waals surface area contributed by atoms with Gasteiger partial charge in [0.15, 0.2) is 11.5 Å². The summed E-state index contributed by atoms with van der Waals surface area (Å²) in [5, 5.41) is 8.59. The number of hydrogen-bond donors (Lipinski definition) is 0. The minimum absolute atomic E-state index is 0.485. The summed E-state index contributed by atoms with van der Waals surface area (Å²) in [7, 11) is 3.00. The Hall–Kier alpha value is -2.90. The van der Waals surface area contributed by atoms with Crippen LogP contribution in [0.2, 0.25) is 0 Å². The number of halogens is 3. The fourth-order valence-electron chi connectivity index (χ4n) is 2.34. The zero-order valence-corrected chi connectivity index (χ0v) is 12.8. The number of aromatic nitrogens is 3. The van der Waals surface area contributed by atoms with Crippen LogP contribution in [0.3, 0.4) is 0 Å². The van der Waals surface area contributed by atoms with Crippen LogP contribution in [0.15, 0.2) is 36.7 Å². The lowest BCUT2D eigenvalue weighted by Crippen LogP contribution is -2.07. The van der Waals surface area contributed by atoms with Crippen LogP contribution in [-0.2, 0) is 6.18 Å². The fraction of sp³-hybridized carbons (Fsp3) is 0.188. The van der Waals surface area contributed by atoms with E-state index in [0.717, 1.165) is 12.3 Å². The van der Waals surface area contributed by atoms with Crippen LogP contribution < -0.4 is 9.47 Å². The van der Waals surface area contributed by atoms with E-state index in [4.69, 9.17) is 9.47 Å². The van der Waals surface area contributed by atoms with E-state index < -0.39 is 11.9 Å². The van der Waals surface area contributed by atoms with E-state index in [1.54, 1.807) is 12.1 Å². The molecule has 0 radical (unpaired) electrons. The largest absolute Gasteiger partial charge is 0.493 e. The zero-order valence-electron chi connectivity index (χ0n) is 12.8. The second kappa shape index (κ2) is 5.95. The lowest BCUT2D eigenvalue weighted by Gasteiger charge is -2.11. The van der Waals surface area contributed by atoms with Gasteiger partial charge in [0.2, 0.25) is 0 Å². The van der Waals surface area contributed by atoms with E-state index >= 15 is 0 Å². The maximum atomic E-state index is 12.6. The lowest BCUT2D eigenvalue weighted by molar-refractivity contribution is -0.141. The Bertz CT molecular complexity index is 880. The van der Waals surface area contributed by atoms with Gasteiger partial charge in [0, 0.05) is 28.8 Å². The van der Waals surface area contributed by atoms with E-state index in [0.29, 0.717) is 33.5 Å². The maximum Gasteiger partial charge on any atom is 0.433 e. The van der Waals surface area contributed by atoms with Crippen molar-refractivity contribution in [2.24, 2.45) is 0 Å². The monoisotopic (exact) mass is 335 g/mol. The van der Waals surface area contributed by atoms with Crippen molar-refractivity contribution in [1.29, 1.82) is 0 Å². The third-order valence-electron chi connectivity index (χ3n) is 3.51. The molecule has 1 aromatic carbocycles. The lowest BCUT2D eigenvalue weighted by atomic mass is 10.0. The number of nitrogens with zero attached hydrogens (tertiary/aromatic N) is 3. The van der Waals surface area contributed by atoms with E-state index in [1.165, 1.54) is 26.5 Å². The standard InChI is InChI=1S/C16H12F3N3O2/c1-23-13-5-10-11(8-21-22-12(10)6-14(13)24-2)9-3-4-15(20-7-9)16(17,18)19/h3-8H,1-2H3. The highest BCUT2D eigenvalue weighted by molar-refractivity contribution is 5.95. The van der Waals surface area contributed by atoms with Gasteiger partial charge in [0.05, 0.1) is 25.9 Å². The second-order valence-corrected chi connectivity index (χ2v) is 4.91. The Morgan fingerprint density at radius 3 is 2.25 bits per heavy atom. The Morgan fingerprint density at radius 1 is 0.958 bits per heavy atom. The van der Waals surface area contributed by atoms with Crippen LogP contribution in [0.4, 0.5) is 13.2 Å². The van der Waals surface area contributed by atoms with Crippen molar-refractivity contribution in [3.63, 3.8) is 0 Å². The molecule has 2 heterocycles. The molecular weight excluding hydrogens is 323 g/mol. The molecule has 0 saturated heterocycles. The quantitative estimate of drug-likeness (QED) is 0.730. The van der Waals surface area contributed by atoms with Gasteiger partial charge in [0.1, 0.15) is 5.69 Å². The summed E-state index contributed by atoms with van der Waals surface area (Å²) in [6.07, 6.45) is -1.85. The number of hydrogen-bond acceptors (Lipinski definition) is 5. The summed E-state index contributed by atoms with van der Waals surface area (Å²) in [6, 6.07) is 5.64. The topological polar surface area (TPSA) is 57.1 Å². The van der Waals surface area contributed by atoms with Gasteiger partial charge in [-0.3, -0.25) is 4.98 Å². The normalized spacial score (nSPS) is 11.5. The molecule has 3 aromatic rings. The fourth-order valence-corrected chi connectivity index (χ4v) is 2.34. The number of fused-ring (bicyclic) bond motifs is 1. The highest BCUT2D eigenvalue weighted by Gasteiger charge is 2.32. The van der Waals surface area contributed by atoms with Crippen molar-refractivity contribution in [1.82, 2.24) is 15.2 Å². The summed E-state index contributed by atoms with van der Waals surface area (Å²) in [5.41, 5.74) is 0.680. The predicted molar refractivity (Wildman–Crippen MR) is 80.9 cm³/mol. The smallest absolute Gasteiger partial charge is 0.433 e. The van der Waals surface area contributed by atoms with Crippen LogP contribution in [0.25, 0.3) is 22.0 Å². The maximum absolute atomic E-state index is 12.6. The molecule has 0 atom stereocenters. The minimum Gasteiger partial charge on any atom is -0.493 e. The highest BCUT2D eigenvalue weighted by Crippen LogP contribution is 2.36. The molecule has 0 bridgehead atoms. The molecule has 0 aliphatic heterocycles. The molecule has 3 rings (SSSR count). The average Bonchev–Trinajstić information content (AvgIpc) is 2.59. The van der Waals surface area contributed by atoms with Crippen molar-refractivity contribution < 1.29 is 22.6 Å². The number of ether oxygens (including phenoxy) is 2. The van der Waals surface area contributed by atoms with E-state index in [1.807, 2.05) is 0 Å². The molecule has 24 heavy (non-hydrogen) atoms. The molecule has 0 aliphatic carbocycles. The molecule has 0 saturated carbocycles. The van der Waals surface area contributed by atoms with Crippen LogP contribution in [0.5, 0.6) is 11.5 Å². The summed E-state index contributed by atoms with van der Waals surface area (Å²) in [5.74, 6) is 0.973. The van der Waals surface area contributed by atoms with Gasteiger partial charge in [0.25, 0.3) is 0 Å². The molecule has 0 unspecified atom stereocenters. The predicted octanol–water partition coefficient (Wildman–Crippen LogP) is 3.73. The molecule has 2 aromatic heterocycles. The molecule has 0 fully saturated rings. The van der Waals surface area contributed by atoms with Crippen LogP contribution in [0, 0.1) is 0 Å². The summed E-state index contributed by atoms with van der Waals surface area (Å²) in [4.78, 5) is 3.48. The SMILES string of the molecule is COc1cc2nncc(-c3ccc(C(F)(F)F)nc3)c2cc1OC. The first-order valence-electron chi connectivity index (χ1n) is 6.85. The Labute approximate surface area is 135 Å². The third-order valence-corrected chi connectivity index (χ3v) is 3.51. The van der Waals surface area contributed by atoms with Gasteiger partial charge in [-0.05, 0) is 12.1 Å². The van der Waals surface area contributed by atoms with Crippen LogP contribution in [0.1, 0.15) is 5.69 Å². The first kappa shape index (κ1) is 16.0. The first-order valence-corrected chi connectivity index (χ1v) is 6.85. The molecular formula is C16H12F3N3O2. The molecule has 124 valence electrons. The van der Waals surface area contributed by atoms with Crippen molar-refractivity contribution >= 4 is 10.9 Å². The molecule has 8 heteroatoms. The van der Waals surface area contributed by atoms with Crippen molar-refractivity contribution in [2.45, 2.75) is 6.18 Å². The number of methoxy groups -OCH3 is 2. The van der Waals surface area contributed by atoms with Crippen molar-refractivity contribution in [2.75, 3.05) is 14.2 Å². The minimum atomic E-state index is -4.48.